The molecule has 0 bridgehead atoms. The first-order valence-electron chi connectivity index (χ1n) is 8.15. The summed E-state index contributed by atoms with van der Waals surface area (Å²) in [6.07, 6.45) is 9.24. The first-order valence-corrected chi connectivity index (χ1v) is 9.14. The van der Waals surface area contributed by atoms with Crippen molar-refractivity contribution in [2.24, 2.45) is 0 Å². The lowest BCUT2D eigenvalue weighted by Gasteiger charge is -2.25. The first-order chi connectivity index (χ1) is 12.7. The van der Waals surface area contributed by atoms with E-state index in [1.807, 2.05) is 19.3 Å². The van der Waals surface area contributed by atoms with Gasteiger partial charge in [0.15, 0.2) is 0 Å². The van der Waals surface area contributed by atoms with Crippen molar-refractivity contribution in [2.75, 3.05) is 24.3 Å². The quantitative estimate of drug-likeness (QED) is 0.704. The van der Waals surface area contributed by atoms with E-state index in [1.165, 1.54) is 7.11 Å². The Kier molecular flexibility index (Phi) is 4.37. The standard InChI is InChI=1S/C17H18N6O2S/c1-11-5-18-16-15(11)17(20-10-19-16)22-3-4-26-13(8-22)12-6-21-23(7-12)9-14(24)25-2/h5-8,10H,3-4,9H2,1-2H3,(H,18,19,20). The minimum atomic E-state index is -0.321. The molecule has 0 unspecified atom stereocenters. The molecular formula is C17H18N6O2S. The Balaban J connectivity index is 1.65. The lowest BCUT2D eigenvalue weighted by Crippen LogP contribution is -2.24. The molecule has 0 saturated heterocycles. The molecule has 0 spiro atoms. The molecule has 3 aromatic rings. The highest BCUT2D eigenvalue weighted by Gasteiger charge is 2.19. The molecule has 0 radical (unpaired) electrons. The fraction of sp³-hybridized carbons (Fsp3) is 0.294. The largest absolute Gasteiger partial charge is 0.468 e. The minimum absolute atomic E-state index is 0.104. The van der Waals surface area contributed by atoms with Gasteiger partial charge in [0.05, 0.1) is 18.7 Å². The van der Waals surface area contributed by atoms with Crippen molar-refractivity contribution in [1.82, 2.24) is 24.7 Å². The van der Waals surface area contributed by atoms with Crippen LogP contribution in [-0.4, -0.2) is 50.1 Å². The number of aryl methyl sites for hydroxylation is 1. The summed E-state index contributed by atoms with van der Waals surface area (Å²) in [7, 11) is 1.37. The van der Waals surface area contributed by atoms with Crippen LogP contribution >= 0.6 is 11.8 Å². The number of esters is 1. The molecule has 0 atom stereocenters. The molecule has 9 heteroatoms. The Morgan fingerprint density at radius 2 is 2.31 bits per heavy atom. The number of carbonyl (C=O) groups is 1. The lowest BCUT2D eigenvalue weighted by molar-refractivity contribution is -0.141. The van der Waals surface area contributed by atoms with Gasteiger partial charge in [0, 0.05) is 41.4 Å². The number of nitrogens with zero attached hydrogens (tertiary/aromatic N) is 5. The smallest absolute Gasteiger partial charge is 0.327 e. The van der Waals surface area contributed by atoms with Crippen LogP contribution in [0.5, 0.6) is 0 Å². The van der Waals surface area contributed by atoms with E-state index < -0.39 is 0 Å². The van der Waals surface area contributed by atoms with Crippen molar-refractivity contribution in [2.45, 2.75) is 13.5 Å². The summed E-state index contributed by atoms with van der Waals surface area (Å²) in [5.41, 5.74) is 2.93. The average Bonchev–Trinajstić information content (AvgIpc) is 3.29. The van der Waals surface area contributed by atoms with Crippen molar-refractivity contribution >= 4 is 39.5 Å². The van der Waals surface area contributed by atoms with E-state index in [0.29, 0.717) is 0 Å². The normalized spacial score (nSPS) is 14.5. The number of rotatable bonds is 4. The molecular weight excluding hydrogens is 352 g/mol. The van der Waals surface area contributed by atoms with E-state index in [9.17, 15) is 4.79 Å². The molecule has 0 aromatic carbocycles. The number of carbonyl (C=O) groups excluding carboxylic acids is 1. The van der Waals surface area contributed by atoms with Crippen LogP contribution in [0.4, 0.5) is 5.82 Å². The third-order valence-corrected chi connectivity index (χ3v) is 5.26. The Labute approximate surface area is 154 Å². The van der Waals surface area contributed by atoms with Gasteiger partial charge in [-0.15, -0.1) is 11.8 Å². The van der Waals surface area contributed by atoms with Crippen LogP contribution in [0.15, 0.2) is 31.1 Å². The Bertz CT molecular complexity index is 992. The number of aromatic nitrogens is 5. The fourth-order valence-electron chi connectivity index (χ4n) is 2.91. The number of fused-ring (bicyclic) bond motifs is 1. The van der Waals surface area contributed by atoms with Gasteiger partial charge >= 0.3 is 5.97 Å². The van der Waals surface area contributed by atoms with Gasteiger partial charge in [0.2, 0.25) is 0 Å². The van der Waals surface area contributed by atoms with Gasteiger partial charge in [-0.05, 0) is 12.5 Å². The van der Waals surface area contributed by atoms with Gasteiger partial charge in [0.25, 0.3) is 0 Å². The number of ether oxygens (including phenoxy) is 1. The Hall–Kier alpha value is -2.81. The molecule has 1 aliphatic heterocycles. The van der Waals surface area contributed by atoms with Crippen LogP contribution < -0.4 is 4.90 Å². The van der Waals surface area contributed by atoms with Crippen molar-refractivity contribution < 1.29 is 9.53 Å². The molecule has 8 nitrogen and oxygen atoms in total. The fourth-order valence-corrected chi connectivity index (χ4v) is 3.89. The van der Waals surface area contributed by atoms with Crippen LogP contribution in [0.1, 0.15) is 11.1 Å². The summed E-state index contributed by atoms with van der Waals surface area (Å²) in [5.74, 6) is 1.51. The number of H-pyrrole nitrogens is 1. The van der Waals surface area contributed by atoms with Gasteiger partial charge in [0.1, 0.15) is 24.3 Å². The Morgan fingerprint density at radius 3 is 3.15 bits per heavy atom. The van der Waals surface area contributed by atoms with Crippen LogP contribution in [0, 0.1) is 6.92 Å². The topological polar surface area (TPSA) is 88.9 Å². The maximum Gasteiger partial charge on any atom is 0.327 e. The minimum Gasteiger partial charge on any atom is -0.468 e. The zero-order valence-corrected chi connectivity index (χ0v) is 15.3. The maximum atomic E-state index is 11.4. The summed E-state index contributed by atoms with van der Waals surface area (Å²) in [5, 5.41) is 5.28. The second-order valence-corrected chi connectivity index (χ2v) is 7.07. The molecule has 3 aromatic heterocycles. The molecule has 1 N–H and O–H groups in total. The van der Waals surface area contributed by atoms with Crippen molar-refractivity contribution in [3.63, 3.8) is 0 Å². The summed E-state index contributed by atoms with van der Waals surface area (Å²) in [4.78, 5) is 26.6. The first kappa shape index (κ1) is 16.6. The van der Waals surface area contributed by atoms with Gasteiger partial charge in [-0.2, -0.15) is 5.10 Å². The van der Waals surface area contributed by atoms with Crippen molar-refractivity contribution in [1.29, 1.82) is 0 Å². The van der Waals surface area contributed by atoms with Crippen LogP contribution in [0.25, 0.3) is 15.9 Å². The maximum absolute atomic E-state index is 11.4. The third kappa shape index (κ3) is 3.05. The molecule has 1 aliphatic rings. The summed E-state index contributed by atoms with van der Waals surface area (Å²) >= 11 is 1.76. The highest BCUT2D eigenvalue weighted by atomic mass is 32.2. The number of aromatic amines is 1. The van der Waals surface area contributed by atoms with Crippen molar-refractivity contribution in [3.05, 3.63) is 42.2 Å². The second-order valence-electron chi connectivity index (χ2n) is 5.93. The number of nitrogens with one attached hydrogen (secondary N) is 1. The zero-order chi connectivity index (χ0) is 18.1. The molecule has 134 valence electrons. The van der Waals surface area contributed by atoms with Crippen LogP contribution in [0.3, 0.4) is 0 Å². The van der Waals surface area contributed by atoms with Gasteiger partial charge in [-0.25, -0.2) is 9.97 Å². The number of thioether (sulfide) groups is 1. The number of anilines is 1. The van der Waals surface area contributed by atoms with E-state index in [2.05, 4.69) is 35.9 Å². The summed E-state index contributed by atoms with van der Waals surface area (Å²) in [6, 6.07) is 0. The average molecular weight is 370 g/mol. The predicted octanol–water partition coefficient (Wildman–Crippen LogP) is 2.19. The van der Waals surface area contributed by atoms with E-state index in [1.54, 1.807) is 29.0 Å². The number of hydrogen-bond donors (Lipinski definition) is 1. The Morgan fingerprint density at radius 1 is 1.42 bits per heavy atom. The highest BCUT2D eigenvalue weighted by molar-refractivity contribution is 8.08. The molecule has 26 heavy (non-hydrogen) atoms. The molecule has 0 fully saturated rings. The van der Waals surface area contributed by atoms with E-state index >= 15 is 0 Å². The highest BCUT2D eigenvalue weighted by Crippen LogP contribution is 2.35. The number of hydrogen-bond acceptors (Lipinski definition) is 7. The number of methoxy groups -OCH3 is 1. The zero-order valence-electron chi connectivity index (χ0n) is 14.5. The van der Waals surface area contributed by atoms with Gasteiger partial charge in [-0.3, -0.25) is 9.48 Å². The van der Waals surface area contributed by atoms with Crippen LogP contribution in [0.2, 0.25) is 0 Å². The van der Waals surface area contributed by atoms with Crippen LogP contribution in [-0.2, 0) is 16.1 Å². The summed E-state index contributed by atoms with van der Waals surface area (Å²) in [6.45, 7) is 3.01. The predicted molar refractivity (Wildman–Crippen MR) is 101 cm³/mol. The summed E-state index contributed by atoms with van der Waals surface area (Å²) < 4.78 is 6.27. The molecule has 0 saturated carbocycles. The monoisotopic (exact) mass is 370 g/mol. The SMILES string of the molecule is COC(=O)Cn1cc(C2=CN(c3ncnc4[nH]cc(C)c34)CCS2)cn1. The van der Waals surface area contributed by atoms with Gasteiger partial charge < -0.3 is 14.6 Å². The molecule has 4 rings (SSSR count). The van der Waals surface area contributed by atoms with Crippen molar-refractivity contribution in [3.8, 4) is 0 Å². The van der Waals surface area contributed by atoms with E-state index in [4.69, 9.17) is 0 Å². The second kappa shape index (κ2) is 6.83. The van der Waals surface area contributed by atoms with E-state index in [-0.39, 0.29) is 12.5 Å². The lowest BCUT2D eigenvalue weighted by atomic mass is 10.2. The molecule has 0 amide bonds. The van der Waals surface area contributed by atoms with E-state index in [0.717, 1.165) is 45.2 Å². The van der Waals surface area contributed by atoms with Gasteiger partial charge in [-0.1, -0.05) is 0 Å². The molecule has 4 heterocycles. The third-order valence-electron chi connectivity index (χ3n) is 4.22. The molecule has 0 aliphatic carbocycles.